The Morgan fingerprint density at radius 3 is 2.42 bits per heavy atom. The van der Waals surface area contributed by atoms with Crippen LogP contribution in [0.4, 0.5) is 0 Å². The Morgan fingerprint density at radius 1 is 1.06 bits per heavy atom. The molecule has 1 aliphatic heterocycles. The van der Waals surface area contributed by atoms with Crippen molar-refractivity contribution in [1.82, 2.24) is 20.0 Å². The average Bonchev–Trinajstić information content (AvgIpc) is 3.30. The van der Waals surface area contributed by atoms with E-state index in [1.54, 1.807) is 24.1 Å². The van der Waals surface area contributed by atoms with E-state index in [0.717, 1.165) is 49.5 Å². The third-order valence-corrected chi connectivity index (χ3v) is 5.60. The molecular formula is C24H28N4O3. The van der Waals surface area contributed by atoms with E-state index in [0.29, 0.717) is 12.2 Å². The number of hydrogen-bond acceptors (Lipinski definition) is 5. The molecule has 1 aliphatic rings. The largest absolute Gasteiger partial charge is 0.497 e. The number of methoxy groups -OCH3 is 1. The summed E-state index contributed by atoms with van der Waals surface area (Å²) in [5, 5.41) is 16.9. The molecule has 0 radical (unpaired) electrons. The van der Waals surface area contributed by atoms with Crippen LogP contribution in [0.25, 0.3) is 5.69 Å². The minimum atomic E-state index is -0.205. The number of amides is 1. The molecule has 0 spiro atoms. The van der Waals surface area contributed by atoms with Crippen molar-refractivity contribution in [2.45, 2.75) is 32.0 Å². The Labute approximate surface area is 182 Å². The van der Waals surface area contributed by atoms with Gasteiger partial charge in [0.2, 0.25) is 0 Å². The summed E-state index contributed by atoms with van der Waals surface area (Å²) < 4.78 is 6.84. The second-order valence-corrected chi connectivity index (χ2v) is 7.85. The van der Waals surface area contributed by atoms with Crippen molar-refractivity contribution < 1.29 is 14.6 Å². The zero-order valence-electron chi connectivity index (χ0n) is 17.7. The van der Waals surface area contributed by atoms with E-state index in [-0.39, 0.29) is 12.0 Å². The monoisotopic (exact) mass is 420 g/mol. The standard InChI is InChI=1S/C24H28N4O3/c1-31-22-8-6-20(7-9-22)28-15-12-23(26-28)24(30)25-16-18-2-4-19(5-3-18)17-27-13-10-21(29)11-14-27/h2-9,12,15,21,29H,10-11,13-14,16-17H2,1H3,(H,25,30). The molecule has 31 heavy (non-hydrogen) atoms. The predicted molar refractivity (Wildman–Crippen MR) is 118 cm³/mol. The summed E-state index contributed by atoms with van der Waals surface area (Å²) in [6.45, 7) is 3.21. The SMILES string of the molecule is COc1ccc(-n2ccc(C(=O)NCc3ccc(CN4CCC(O)CC4)cc3)n2)cc1. The number of ether oxygens (including phenoxy) is 1. The van der Waals surface area contributed by atoms with Gasteiger partial charge in [0, 0.05) is 32.4 Å². The van der Waals surface area contributed by atoms with Crippen molar-refractivity contribution in [3.05, 3.63) is 77.6 Å². The van der Waals surface area contributed by atoms with Crippen molar-refractivity contribution in [3.63, 3.8) is 0 Å². The van der Waals surface area contributed by atoms with E-state index in [4.69, 9.17) is 4.74 Å². The third-order valence-electron chi connectivity index (χ3n) is 5.60. The van der Waals surface area contributed by atoms with Crippen LogP contribution in [-0.4, -0.2) is 52.0 Å². The quantitative estimate of drug-likeness (QED) is 0.615. The number of piperidine rings is 1. The lowest BCUT2D eigenvalue weighted by molar-refractivity contribution is 0.0792. The maximum absolute atomic E-state index is 12.5. The minimum Gasteiger partial charge on any atom is -0.497 e. The van der Waals surface area contributed by atoms with Gasteiger partial charge in [0.1, 0.15) is 5.75 Å². The zero-order valence-corrected chi connectivity index (χ0v) is 17.7. The molecular weight excluding hydrogens is 392 g/mol. The first-order chi connectivity index (χ1) is 15.1. The lowest BCUT2D eigenvalue weighted by Crippen LogP contribution is -2.35. The topological polar surface area (TPSA) is 79.6 Å². The molecule has 4 rings (SSSR count). The van der Waals surface area contributed by atoms with Gasteiger partial charge in [-0.05, 0) is 54.3 Å². The Balaban J connectivity index is 1.29. The highest BCUT2D eigenvalue weighted by atomic mass is 16.5. The number of carbonyl (C=O) groups is 1. The molecule has 2 aromatic carbocycles. The molecule has 1 fully saturated rings. The lowest BCUT2D eigenvalue weighted by Gasteiger charge is -2.29. The van der Waals surface area contributed by atoms with Gasteiger partial charge < -0.3 is 15.2 Å². The first kappa shape index (κ1) is 21.1. The van der Waals surface area contributed by atoms with Crippen LogP contribution < -0.4 is 10.1 Å². The summed E-state index contributed by atoms with van der Waals surface area (Å²) in [5.74, 6) is 0.567. The molecule has 1 saturated heterocycles. The summed E-state index contributed by atoms with van der Waals surface area (Å²) in [5.41, 5.74) is 3.52. The van der Waals surface area contributed by atoms with E-state index in [2.05, 4.69) is 27.4 Å². The molecule has 162 valence electrons. The van der Waals surface area contributed by atoms with Crippen LogP contribution in [0.3, 0.4) is 0 Å². The molecule has 0 bridgehead atoms. The van der Waals surface area contributed by atoms with Crippen molar-refractivity contribution in [2.24, 2.45) is 0 Å². The van der Waals surface area contributed by atoms with Gasteiger partial charge in [0.25, 0.3) is 5.91 Å². The number of rotatable bonds is 7. The number of nitrogens with zero attached hydrogens (tertiary/aromatic N) is 3. The maximum Gasteiger partial charge on any atom is 0.272 e. The molecule has 7 heteroatoms. The van der Waals surface area contributed by atoms with Crippen LogP contribution in [0.15, 0.2) is 60.8 Å². The third kappa shape index (κ3) is 5.51. The number of nitrogens with one attached hydrogen (secondary N) is 1. The number of aromatic nitrogens is 2. The Kier molecular flexibility index (Phi) is 6.64. The van der Waals surface area contributed by atoms with Crippen molar-refractivity contribution in [3.8, 4) is 11.4 Å². The maximum atomic E-state index is 12.5. The van der Waals surface area contributed by atoms with Crippen LogP contribution in [0.2, 0.25) is 0 Å². The second kappa shape index (κ2) is 9.76. The first-order valence-corrected chi connectivity index (χ1v) is 10.6. The number of carbonyl (C=O) groups excluding carboxylic acids is 1. The Morgan fingerprint density at radius 2 is 1.74 bits per heavy atom. The molecule has 7 nitrogen and oxygen atoms in total. The van der Waals surface area contributed by atoms with Gasteiger partial charge in [-0.2, -0.15) is 5.10 Å². The second-order valence-electron chi connectivity index (χ2n) is 7.85. The van der Waals surface area contributed by atoms with Gasteiger partial charge in [-0.1, -0.05) is 24.3 Å². The molecule has 3 aromatic rings. The molecule has 0 atom stereocenters. The average molecular weight is 421 g/mol. The summed E-state index contributed by atoms with van der Waals surface area (Å²) >= 11 is 0. The normalized spacial score (nSPS) is 15.0. The summed E-state index contributed by atoms with van der Waals surface area (Å²) in [7, 11) is 1.62. The highest BCUT2D eigenvalue weighted by molar-refractivity contribution is 5.92. The van der Waals surface area contributed by atoms with Gasteiger partial charge in [-0.25, -0.2) is 4.68 Å². The number of likely N-dealkylation sites (tertiary alicyclic amines) is 1. The van der Waals surface area contributed by atoms with Gasteiger partial charge in [0.15, 0.2) is 5.69 Å². The number of aliphatic hydroxyl groups is 1. The van der Waals surface area contributed by atoms with Crippen LogP contribution >= 0.6 is 0 Å². The lowest BCUT2D eigenvalue weighted by atomic mass is 10.1. The fourth-order valence-corrected chi connectivity index (χ4v) is 3.69. The number of hydrogen-bond donors (Lipinski definition) is 2. The highest BCUT2D eigenvalue weighted by Crippen LogP contribution is 2.16. The highest BCUT2D eigenvalue weighted by Gasteiger charge is 2.17. The summed E-state index contributed by atoms with van der Waals surface area (Å²) in [4.78, 5) is 14.8. The van der Waals surface area contributed by atoms with E-state index in [1.807, 2.05) is 36.4 Å². The van der Waals surface area contributed by atoms with Crippen LogP contribution in [-0.2, 0) is 13.1 Å². The molecule has 0 saturated carbocycles. The van der Waals surface area contributed by atoms with Crippen molar-refractivity contribution in [1.29, 1.82) is 0 Å². The van der Waals surface area contributed by atoms with Crippen LogP contribution in [0.1, 0.15) is 34.5 Å². The molecule has 1 amide bonds. The van der Waals surface area contributed by atoms with Gasteiger partial charge in [-0.3, -0.25) is 9.69 Å². The van der Waals surface area contributed by atoms with Gasteiger partial charge >= 0.3 is 0 Å². The Hall–Kier alpha value is -3.16. The molecule has 0 aliphatic carbocycles. The fourth-order valence-electron chi connectivity index (χ4n) is 3.69. The molecule has 0 unspecified atom stereocenters. The van der Waals surface area contributed by atoms with Gasteiger partial charge in [0.05, 0.1) is 18.9 Å². The van der Waals surface area contributed by atoms with Crippen molar-refractivity contribution in [2.75, 3.05) is 20.2 Å². The zero-order chi connectivity index (χ0) is 21.6. The minimum absolute atomic E-state index is 0.148. The Bertz CT molecular complexity index is 990. The van der Waals surface area contributed by atoms with Crippen LogP contribution in [0, 0.1) is 0 Å². The van der Waals surface area contributed by atoms with E-state index >= 15 is 0 Å². The molecule has 1 aromatic heterocycles. The van der Waals surface area contributed by atoms with E-state index in [9.17, 15) is 9.90 Å². The van der Waals surface area contributed by atoms with Crippen molar-refractivity contribution >= 4 is 5.91 Å². The summed E-state index contributed by atoms with van der Waals surface area (Å²) in [6, 6.07) is 17.5. The van der Waals surface area contributed by atoms with E-state index in [1.165, 1.54) is 5.56 Å². The predicted octanol–water partition coefficient (Wildman–Crippen LogP) is 2.77. The smallest absolute Gasteiger partial charge is 0.272 e. The molecule has 2 N–H and O–H groups in total. The summed E-state index contributed by atoms with van der Waals surface area (Å²) in [6.07, 6.45) is 3.31. The van der Waals surface area contributed by atoms with E-state index < -0.39 is 0 Å². The number of aliphatic hydroxyl groups excluding tert-OH is 1. The fraction of sp³-hybridized carbons (Fsp3) is 0.333. The van der Waals surface area contributed by atoms with Gasteiger partial charge in [-0.15, -0.1) is 0 Å². The van der Waals surface area contributed by atoms with Crippen LogP contribution in [0.5, 0.6) is 5.75 Å². The first-order valence-electron chi connectivity index (χ1n) is 10.6. The molecule has 2 heterocycles. The number of benzene rings is 2.